The molecule has 34 heavy (non-hydrogen) atoms. The van der Waals surface area contributed by atoms with E-state index in [-0.39, 0.29) is 67.3 Å². The Morgan fingerprint density at radius 2 is 1.65 bits per heavy atom. The molecule has 7 nitrogen and oxygen atoms in total. The van der Waals surface area contributed by atoms with Crippen molar-refractivity contribution in [3.63, 3.8) is 0 Å². The Bertz CT molecular complexity index is 1020. The molecule has 2 aromatic carbocycles. The van der Waals surface area contributed by atoms with Crippen molar-refractivity contribution >= 4 is 23.8 Å². The number of carbonyl (C=O) groups is 2. The fraction of sp³-hybridized carbons (Fsp3) is 0.269. The number of esters is 1. The van der Waals surface area contributed by atoms with Crippen LogP contribution in [0, 0.1) is 49.5 Å². The maximum absolute atomic E-state index is 12.9. The molecule has 0 fully saturated rings. The summed E-state index contributed by atoms with van der Waals surface area (Å²) in [4.78, 5) is 27.2. The van der Waals surface area contributed by atoms with Crippen LogP contribution in [0.2, 0.25) is 0 Å². The molecular formula is C26H33AcN3O4. The van der Waals surface area contributed by atoms with Crippen LogP contribution in [0.1, 0.15) is 55.6 Å². The van der Waals surface area contributed by atoms with Gasteiger partial charge in [-0.1, -0.05) is 31.2 Å². The molecule has 0 spiro atoms. The molecule has 1 amide bonds. The zero-order valence-corrected chi connectivity index (χ0v) is 24.9. The van der Waals surface area contributed by atoms with Gasteiger partial charge in [-0.3, -0.25) is 10.2 Å². The van der Waals surface area contributed by atoms with E-state index in [1.54, 1.807) is 55.5 Å². The predicted octanol–water partition coefficient (Wildman–Crippen LogP) is 3.97. The molecule has 1 radical (unpaired) electrons. The maximum Gasteiger partial charge on any atom is 0.343 e. The zero-order valence-electron chi connectivity index (χ0n) is 20.2. The monoisotopic (exact) mass is 678 g/mol. The number of ether oxygens (including phenoxy) is 1. The fourth-order valence-corrected chi connectivity index (χ4v) is 3.02. The van der Waals surface area contributed by atoms with Crippen molar-refractivity contribution in [2.24, 2.45) is 5.73 Å². The second-order valence-electron chi connectivity index (χ2n) is 7.56. The van der Waals surface area contributed by atoms with Gasteiger partial charge >= 0.3 is 5.97 Å². The molecule has 8 heteroatoms. The molecule has 2 aromatic rings. The van der Waals surface area contributed by atoms with Crippen LogP contribution >= 0.6 is 0 Å². The van der Waals surface area contributed by atoms with Gasteiger partial charge in [0.1, 0.15) is 11.6 Å². The van der Waals surface area contributed by atoms with Gasteiger partial charge in [0.15, 0.2) is 0 Å². The Balaban J connectivity index is 0.00000544. The van der Waals surface area contributed by atoms with Gasteiger partial charge in [0.25, 0.3) is 0 Å². The summed E-state index contributed by atoms with van der Waals surface area (Å²) in [6.45, 7) is 8.43. The number of rotatable bonds is 9. The van der Waals surface area contributed by atoms with E-state index in [2.05, 4.69) is 6.92 Å². The molecule has 0 saturated heterocycles. The first-order valence-electron chi connectivity index (χ1n) is 10.6. The van der Waals surface area contributed by atoms with Crippen LogP contribution in [0.4, 0.5) is 0 Å². The topological polar surface area (TPSA) is 128 Å². The Morgan fingerprint density at radius 3 is 2.15 bits per heavy atom. The molecule has 5 N–H and O–H groups in total. The minimum atomic E-state index is -0.488. The van der Waals surface area contributed by atoms with Crippen molar-refractivity contribution in [1.29, 1.82) is 5.41 Å². The largest absolute Gasteiger partial charge is 0.423 e. The Kier molecular flexibility index (Phi) is 14.6. The van der Waals surface area contributed by atoms with Crippen LogP contribution in [-0.4, -0.2) is 40.7 Å². The molecule has 0 aliphatic carbocycles. The maximum atomic E-state index is 12.9. The molecule has 0 heterocycles. The van der Waals surface area contributed by atoms with E-state index in [1.807, 2.05) is 37.0 Å². The minimum absolute atomic E-state index is 0. The first-order chi connectivity index (χ1) is 15.3. The van der Waals surface area contributed by atoms with Crippen LogP contribution < -0.4 is 10.5 Å². The first kappa shape index (κ1) is 31.7. The zero-order chi connectivity index (χ0) is 23.7. The number of hydrogen-bond donors (Lipinski definition) is 2. The van der Waals surface area contributed by atoms with Gasteiger partial charge in [-0.25, -0.2) is 4.79 Å². The summed E-state index contributed by atoms with van der Waals surface area (Å²) >= 11 is 0. The number of allylic oxidation sites excluding steroid dienone is 1. The van der Waals surface area contributed by atoms with Gasteiger partial charge in [-0.05, 0) is 75.2 Å². The number of nitrogens with two attached hydrogens (primary N) is 1. The third-order valence-corrected chi connectivity index (χ3v) is 5.16. The van der Waals surface area contributed by atoms with E-state index in [0.29, 0.717) is 29.0 Å². The van der Waals surface area contributed by atoms with Crippen LogP contribution in [0.15, 0.2) is 66.3 Å². The number of carbonyl (C=O) groups excluding carboxylic acids is 2. The number of amidine groups is 1. The first-order valence-corrected chi connectivity index (χ1v) is 10.6. The summed E-state index contributed by atoms with van der Waals surface area (Å²) in [7, 11) is 0. The molecule has 2 rings (SSSR count). The van der Waals surface area contributed by atoms with E-state index in [0.717, 1.165) is 12.0 Å². The van der Waals surface area contributed by atoms with E-state index >= 15 is 0 Å². The number of nitrogens with zero attached hydrogens (tertiary/aromatic N) is 1. The average Bonchev–Trinajstić information content (AvgIpc) is 2.79. The molecule has 0 bridgehead atoms. The number of nitrogen functional groups attached to an aromatic ring is 1. The Labute approximate surface area is 237 Å². The Hall–Kier alpha value is -2.27. The van der Waals surface area contributed by atoms with Crippen LogP contribution in [-0.2, 0) is 4.79 Å². The molecule has 0 aliphatic rings. The summed E-state index contributed by atoms with van der Waals surface area (Å²) in [5.41, 5.74) is 7.85. The third-order valence-electron chi connectivity index (χ3n) is 5.16. The second kappa shape index (κ2) is 15.6. The van der Waals surface area contributed by atoms with Gasteiger partial charge in [0, 0.05) is 67.8 Å². The molecule has 1 atom stereocenters. The van der Waals surface area contributed by atoms with Crippen LogP contribution in [0.25, 0.3) is 6.08 Å². The fourth-order valence-electron chi connectivity index (χ4n) is 3.02. The normalized spacial score (nSPS) is 11.7. The van der Waals surface area contributed by atoms with Gasteiger partial charge in [-0.15, -0.1) is 0 Å². The summed E-state index contributed by atoms with van der Waals surface area (Å²) in [6.07, 6.45) is 6.62. The minimum Gasteiger partial charge on any atom is -0.423 e. The summed E-state index contributed by atoms with van der Waals surface area (Å²) < 4.78 is 5.37. The number of benzene rings is 2. The van der Waals surface area contributed by atoms with Crippen molar-refractivity contribution in [2.75, 3.05) is 6.54 Å². The summed E-state index contributed by atoms with van der Waals surface area (Å²) in [6, 6.07) is 13.5. The van der Waals surface area contributed by atoms with Crippen molar-refractivity contribution in [3.05, 3.63) is 82.9 Å². The Morgan fingerprint density at radius 1 is 1.09 bits per heavy atom. The second-order valence-corrected chi connectivity index (χ2v) is 7.56. The van der Waals surface area contributed by atoms with Gasteiger partial charge < -0.3 is 20.8 Å². The van der Waals surface area contributed by atoms with E-state index in [9.17, 15) is 9.59 Å². The SMILES string of the molecule is C/C=C/CN(C(=O)/C(C)=C/c1ccc(C(=O)Oc2ccc(C(=N)N)cc2)cc1)C(C)CC.O.[Ac]. The van der Waals surface area contributed by atoms with Gasteiger partial charge in [0.05, 0.1) is 5.56 Å². The molecule has 0 saturated carbocycles. The van der Waals surface area contributed by atoms with Crippen molar-refractivity contribution < 1.29 is 63.9 Å². The average molecular weight is 679 g/mol. The van der Waals surface area contributed by atoms with Gasteiger partial charge in [0.2, 0.25) is 5.91 Å². The number of amides is 1. The smallest absolute Gasteiger partial charge is 0.343 e. The van der Waals surface area contributed by atoms with Crippen molar-refractivity contribution in [3.8, 4) is 5.75 Å². The third kappa shape index (κ3) is 9.17. The van der Waals surface area contributed by atoms with E-state index in [1.165, 1.54) is 0 Å². The summed E-state index contributed by atoms with van der Waals surface area (Å²) in [5, 5.41) is 7.40. The molecule has 0 aliphatic heterocycles. The van der Waals surface area contributed by atoms with Crippen molar-refractivity contribution in [2.45, 2.75) is 40.2 Å². The van der Waals surface area contributed by atoms with Crippen LogP contribution in [0.3, 0.4) is 0 Å². The molecule has 179 valence electrons. The molecule has 0 aromatic heterocycles. The standard InChI is InChI=1S/C26H31N3O3.Ac.H2O/c1-5-7-16-29(19(4)6-2)25(30)18(3)17-20-8-10-22(11-9-20)26(31)32-23-14-12-21(13-15-23)24(27)28;;/h5,7-15,17,19H,6,16H2,1-4H3,(H3,27,28);;1H2/b7-5+,18-17+;;. The van der Waals surface area contributed by atoms with E-state index in [4.69, 9.17) is 15.9 Å². The van der Waals surface area contributed by atoms with Crippen LogP contribution in [0.5, 0.6) is 5.75 Å². The molecule has 1 unspecified atom stereocenters. The molecular weight excluding hydrogens is 645 g/mol. The number of hydrogen-bond acceptors (Lipinski definition) is 4. The van der Waals surface area contributed by atoms with E-state index < -0.39 is 5.97 Å². The van der Waals surface area contributed by atoms with Gasteiger partial charge in [-0.2, -0.15) is 0 Å². The number of nitrogens with one attached hydrogen (secondary N) is 1. The quantitative estimate of drug-likeness (QED) is 0.104. The van der Waals surface area contributed by atoms with Crippen molar-refractivity contribution in [1.82, 2.24) is 4.90 Å². The summed E-state index contributed by atoms with van der Waals surface area (Å²) in [5.74, 6) is -0.167. The predicted molar refractivity (Wildman–Crippen MR) is 132 cm³/mol.